The molecule has 1 heterocycles. The molecule has 0 saturated heterocycles. The van der Waals surface area contributed by atoms with E-state index >= 15 is 0 Å². The molecule has 2 N–H and O–H groups in total. The molecule has 0 aliphatic rings. The van der Waals surface area contributed by atoms with Gasteiger partial charge in [0.25, 0.3) is 0 Å². The number of carbonyl (C=O) groups excluding carboxylic acids is 1. The Balaban J connectivity index is 1.48. The molecular weight excluding hydrogens is 368 g/mol. The highest BCUT2D eigenvalue weighted by Gasteiger charge is 2.10. The molecule has 0 spiro atoms. The number of nitrogens with one attached hydrogen (secondary N) is 1. The molecule has 3 aromatic rings. The zero-order valence-electron chi connectivity index (χ0n) is 16.5. The lowest BCUT2D eigenvalue weighted by molar-refractivity contribution is -0.121. The molecule has 150 valence electrons. The van der Waals surface area contributed by atoms with Gasteiger partial charge in [-0.1, -0.05) is 50.2 Å². The molecule has 0 atom stereocenters. The summed E-state index contributed by atoms with van der Waals surface area (Å²) in [7, 11) is 0. The van der Waals surface area contributed by atoms with Crippen molar-refractivity contribution < 1.29 is 19.1 Å². The number of rotatable bonds is 8. The van der Waals surface area contributed by atoms with Gasteiger partial charge in [0.1, 0.15) is 0 Å². The van der Waals surface area contributed by atoms with E-state index in [-0.39, 0.29) is 17.9 Å². The van der Waals surface area contributed by atoms with Crippen LogP contribution in [0.4, 0.5) is 0 Å². The van der Waals surface area contributed by atoms with Crippen molar-refractivity contribution in [2.75, 3.05) is 0 Å². The quantitative estimate of drug-likeness (QED) is 0.592. The molecule has 0 aliphatic heterocycles. The number of hydrogen-bond acceptors (Lipinski definition) is 4. The van der Waals surface area contributed by atoms with E-state index in [0.29, 0.717) is 30.5 Å². The van der Waals surface area contributed by atoms with Gasteiger partial charge in [0, 0.05) is 24.9 Å². The monoisotopic (exact) mass is 392 g/mol. The Hall–Kier alpha value is -3.41. The molecule has 0 saturated carbocycles. The van der Waals surface area contributed by atoms with Crippen molar-refractivity contribution in [2.45, 2.75) is 39.2 Å². The SMILES string of the molecule is CC(C)c1ccc(-c2cnc(CCC(=O)NCc3ccc(C(=O)O)cc3)o2)cc1. The van der Waals surface area contributed by atoms with E-state index in [0.717, 1.165) is 11.1 Å². The zero-order chi connectivity index (χ0) is 20.8. The lowest BCUT2D eigenvalue weighted by Crippen LogP contribution is -2.23. The summed E-state index contributed by atoms with van der Waals surface area (Å²) in [5.41, 5.74) is 3.29. The van der Waals surface area contributed by atoms with Crippen LogP contribution >= 0.6 is 0 Å². The summed E-state index contributed by atoms with van der Waals surface area (Å²) in [6.07, 6.45) is 2.36. The second-order valence-corrected chi connectivity index (χ2v) is 7.17. The minimum absolute atomic E-state index is 0.117. The largest absolute Gasteiger partial charge is 0.478 e. The van der Waals surface area contributed by atoms with Crippen LogP contribution in [0.2, 0.25) is 0 Å². The smallest absolute Gasteiger partial charge is 0.335 e. The lowest BCUT2D eigenvalue weighted by atomic mass is 10.0. The van der Waals surface area contributed by atoms with Crippen molar-refractivity contribution in [3.05, 3.63) is 77.3 Å². The van der Waals surface area contributed by atoms with Gasteiger partial charge in [-0.2, -0.15) is 0 Å². The summed E-state index contributed by atoms with van der Waals surface area (Å²) in [5, 5.41) is 11.7. The Morgan fingerprint density at radius 1 is 1.07 bits per heavy atom. The molecule has 0 fully saturated rings. The molecule has 3 rings (SSSR count). The van der Waals surface area contributed by atoms with E-state index in [1.54, 1.807) is 18.3 Å². The minimum Gasteiger partial charge on any atom is -0.478 e. The van der Waals surface area contributed by atoms with Crippen LogP contribution in [0.3, 0.4) is 0 Å². The summed E-state index contributed by atoms with van der Waals surface area (Å²) < 4.78 is 5.77. The van der Waals surface area contributed by atoms with Crippen LogP contribution in [0, 0.1) is 0 Å². The van der Waals surface area contributed by atoms with E-state index < -0.39 is 5.97 Å². The highest BCUT2D eigenvalue weighted by Crippen LogP contribution is 2.23. The fourth-order valence-corrected chi connectivity index (χ4v) is 2.87. The van der Waals surface area contributed by atoms with Gasteiger partial charge in [-0.15, -0.1) is 0 Å². The maximum Gasteiger partial charge on any atom is 0.335 e. The first-order valence-electron chi connectivity index (χ1n) is 9.56. The Morgan fingerprint density at radius 2 is 1.76 bits per heavy atom. The maximum atomic E-state index is 12.1. The summed E-state index contributed by atoms with van der Waals surface area (Å²) >= 11 is 0. The topological polar surface area (TPSA) is 92.4 Å². The molecule has 2 aromatic carbocycles. The van der Waals surface area contributed by atoms with Gasteiger partial charge in [-0.25, -0.2) is 9.78 Å². The normalized spacial score (nSPS) is 10.9. The third kappa shape index (κ3) is 5.54. The molecule has 1 amide bonds. The molecule has 1 aromatic heterocycles. The molecule has 0 unspecified atom stereocenters. The first kappa shape index (κ1) is 20.3. The van der Waals surface area contributed by atoms with Crippen molar-refractivity contribution in [1.29, 1.82) is 0 Å². The van der Waals surface area contributed by atoms with Crippen molar-refractivity contribution in [3.8, 4) is 11.3 Å². The van der Waals surface area contributed by atoms with Crippen molar-refractivity contribution in [2.24, 2.45) is 0 Å². The van der Waals surface area contributed by atoms with Gasteiger partial charge in [0.15, 0.2) is 11.7 Å². The fraction of sp³-hybridized carbons (Fsp3) is 0.261. The van der Waals surface area contributed by atoms with Gasteiger partial charge in [-0.05, 0) is 29.2 Å². The Kier molecular flexibility index (Phi) is 6.44. The predicted octanol–water partition coefficient (Wildman–Crippen LogP) is 4.41. The van der Waals surface area contributed by atoms with Gasteiger partial charge >= 0.3 is 5.97 Å². The van der Waals surface area contributed by atoms with E-state index in [1.165, 1.54) is 17.7 Å². The van der Waals surface area contributed by atoms with Crippen LogP contribution in [-0.2, 0) is 17.8 Å². The first-order chi connectivity index (χ1) is 13.9. The van der Waals surface area contributed by atoms with E-state index in [1.807, 2.05) is 12.1 Å². The summed E-state index contributed by atoms with van der Waals surface area (Å²) in [5.74, 6) is 0.598. The number of aromatic carboxylic acids is 1. The van der Waals surface area contributed by atoms with Gasteiger partial charge in [-0.3, -0.25) is 4.79 Å². The Morgan fingerprint density at radius 3 is 2.38 bits per heavy atom. The second-order valence-electron chi connectivity index (χ2n) is 7.17. The molecule has 6 heteroatoms. The van der Waals surface area contributed by atoms with Crippen molar-refractivity contribution in [1.82, 2.24) is 10.3 Å². The summed E-state index contributed by atoms with van der Waals surface area (Å²) in [4.78, 5) is 27.2. The van der Waals surface area contributed by atoms with E-state index in [2.05, 4.69) is 36.3 Å². The molecular formula is C23H24N2O4. The van der Waals surface area contributed by atoms with E-state index in [4.69, 9.17) is 9.52 Å². The van der Waals surface area contributed by atoms with Gasteiger partial charge in [0.2, 0.25) is 5.91 Å². The average molecular weight is 392 g/mol. The fourth-order valence-electron chi connectivity index (χ4n) is 2.87. The number of carboxylic acid groups (broad SMARTS) is 1. The minimum atomic E-state index is -0.971. The zero-order valence-corrected chi connectivity index (χ0v) is 16.5. The third-order valence-corrected chi connectivity index (χ3v) is 4.67. The maximum absolute atomic E-state index is 12.1. The molecule has 0 aliphatic carbocycles. The van der Waals surface area contributed by atoms with Crippen LogP contribution < -0.4 is 5.32 Å². The van der Waals surface area contributed by atoms with Crippen LogP contribution in [0.15, 0.2) is 59.1 Å². The molecule has 0 bridgehead atoms. The third-order valence-electron chi connectivity index (χ3n) is 4.67. The predicted molar refractivity (Wildman–Crippen MR) is 110 cm³/mol. The number of carboxylic acids is 1. The highest BCUT2D eigenvalue weighted by molar-refractivity contribution is 5.87. The van der Waals surface area contributed by atoms with Crippen molar-refractivity contribution >= 4 is 11.9 Å². The second kappa shape index (κ2) is 9.19. The number of nitrogens with zero attached hydrogens (tertiary/aromatic N) is 1. The van der Waals surface area contributed by atoms with Gasteiger partial charge in [0.05, 0.1) is 11.8 Å². The Labute approximate surface area is 169 Å². The average Bonchev–Trinajstić information content (AvgIpc) is 3.20. The van der Waals surface area contributed by atoms with Crippen LogP contribution in [0.5, 0.6) is 0 Å². The highest BCUT2D eigenvalue weighted by atomic mass is 16.4. The van der Waals surface area contributed by atoms with Crippen molar-refractivity contribution in [3.63, 3.8) is 0 Å². The molecule has 6 nitrogen and oxygen atoms in total. The van der Waals surface area contributed by atoms with Crippen LogP contribution in [0.25, 0.3) is 11.3 Å². The number of benzene rings is 2. The van der Waals surface area contributed by atoms with Crippen LogP contribution in [-0.4, -0.2) is 22.0 Å². The first-order valence-corrected chi connectivity index (χ1v) is 9.56. The molecule has 29 heavy (non-hydrogen) atoms. The summed E-state index contributed by atoms with van der Waals surface area (Å²) in [6, 6.07) is 14.6. The standard InChI is InChI=1S/C23H24N2O4/c1-15(2)17-7-9-18(10-8-17)20-14-25-22(29-20)12-11-21(26)24-13-16-3-5-19(6-4-16)23(27)28/h3-10,14-15H,11-13H2,1-2H3,(H,24,26)(H,27,28). The number of carbonyl (C=O) groups is 2. The van der Waals surface area contributed by atoms with E-state index in [9.17, 15) is 9.59 Å². The number of amides is 1. The lowest BCUT2D eigenvalue weighted by Gasteiger charge is -2.05. The van der Waals surface area contributed by atoms with Crippen LogP contribution in [0.1, 0.15) is 53.6 Å². The molecule has 0 radical (unpaired) electrons. The number of hydrogen-bond donors (Lipinski definition) is 2. The van der Waals surface area contributed by atoms with Gasteiger partial charge < -0.3 is 14.8 Å². The number of aromatic nitrogens is 1. The number of aryl methyl sites for hydroxylation is 1. The Bertz CT molecular complexity index is 973. The number of oxazole rings is 1. The summed E-state index contributed by atoms with van der Waals surface area (Å²) in [6.45, 7) is 4.65.